The zero-order chi connectivity index (χ0) is 8.10. The van der Waals surface area contributed by atoms with Crippen molar-refractivity contribution in [1.29, 1.82) is 0 Å². The van der Waals surface area contributed by atoms with Gasteiger partial charge in [-0.3, -0.25) is 4.79 Å². The van der Waals surface area contributed by atoms with Gasteiger partial charge in [-0.1, -0.05) is 19.3 Å². The van der Waals surface area contributed by atoms with Gasteiger partial charge in [-0.25, -0.2) is 0 Å². The third-order valence-corrected chi connectivity index (χ3v) is 2.27. The van der Waals surface area contributed by atoms with Gasteiger partial charge >= 0.3 is 0 Å². The molecule has 0 spiro atoms. The number of rotatable bonds is 0. The molecule has 0 aliphatic heterocycles. The zero-order valence-corrected chi connectivity index (χ0v) is 7.01. The first-order valence-corrected chi connectivity index (χ1v) is 4.56. The van der Waals surface area contributed by atoms with Crippen molar-refractivity contribution in [2.75, 3.05) is 0 Å². The van der Waals surface area contributed by atoms with Crippen molar-refractivity contribution < 1.29 is 4.79 Å². The van der Waals surface area contributed by atoms with Gasteiger partial charge in [0.25, 0.3) is 0 Å². The predicted molar refractivity (Wildman–Crippen MR) is 45.3 cm³/mol. The van der Waals surface area contributed by atoms with E-state index in [-0.39, 0.29) is 6.04 Å². The fraction of sp³-hybridized carbons (Fsp3) is 0.889. The second kappa shape index (κ2) is 4.50. The maximum absolute atomic E-state index is 11.1. The lowest BCUT2D eigenvalue weighted by Crippen LogP contribution is -2.22. The number of nitrogens with two attached hydrogens (primary N) is 1. The molecule has 0 amide bonds. The Hall–Kier alpha value is -0.370. The Labute approximate surface area is 68.2 Å². The summed E-state index contributed by atoms with van der Waals surface area (Å²) in [5.41, 5.74) is 5.74. The highest BCUT2D eigenvalue weighted by molar-refractivity contribution is 5.78. The molecule has 0 aromatic heterocycles. The largest absolute Gasteiger partial charge is 0.327 e. The summed E-state index contributed by atoms with van der Waals surface area (Å²) >= 11 is 0. The second-order valence-electron chi connectivity index (χ2n) is 3.46. The molecule has 1 unspecified atom stereocenters. The molecular weight excluding hydrogens is 138 g/mol. The number of hydrogen-bond acceptors (Lipinski definition) is 2. The minimum Gasteiger partial charge on any atom is -0.327 e. The highest BCUT2D eigenvalue weighted by Gasteiger charge is 2.10. The van der Waals surface area contributed by atoms with Crippen LogP contribution in [0.1, 0.15) is 44.9 Å². The van der Waals surface area contributed by atoms with Crippen molar-refractivity contribution in [3.05, 3.63) is 0 Å². The second-order valence-corrected chi connectivity index (χ2v) is 3.46. The Bertz CT molecular complexity index is 134. The Morgan fingerprint density at radius 3 is 2.73 bits per heavy atom. The summed E-state index contributed by atoms with van der Waals surface area (Å²) in [4.78, 5) is 11.1. The lowest BCUT2D eigenvalue weighted by atomic mass is 10.1. The normalized spacial score (nSPS) is 28.8. The van der Waals surface area contributed by atoms with Crippen LogP contribution in [0.15, 0.2) is 0 Å². The van der Waals surface area contributed by atoms with Gasteiger partial charge in [-0.2, -0.15) is 0 Å². The zero-order valence-electron chi connectivity index (χ0n) is 7.01. The van der Waals surface area contributed by atoms with Crippen molar-refractivity contribution in [1.82, 2.24) is 0 Å². The van der Waals surface area contributed by atoms with Crippen molar-refractivity contribution in [3.63, 3.8) is 0 Å². The molecule has 1 aliphatic rings. The smallest absolute Gasteiger partial charge is 0.134 e. The van der Waals surface area contributed by atoms with E-state index in [1.54, 1.807) is 0 Å². The Morgan fingerprint density at radius 1 is 1.18 bits per heavy atom. The fourth-order valence-electron chi connectivity index (χ4n) is 1.58. The minimum atomic E-state index is 0.139. The molecule has 1 rings (SSSR count). The summed E-state index contributed by atoms with van der Waals surface area (Å²) in [6.07, 6.45) is 7.14. The van der Waals surface area contributed by atoms with Gasteiger partial charge in [0.2, 0.25) is 0 Å². The minimum absolute atomic E-state index is 0.139. The first-order valence-electron chi connectivity index (χ1n) is 4.56. The van der Waals surface area contributed by atoms with Crippen molar-refractivity contribution >= 4 is 5.78 Å². The van der Waals surface area contributed by atoms with E-state index >= 15 is 0 Å². The molecule has 1 aliphatic carbocycles. The maximum atomic E-state index is 11.1. The monoisotopic (exact) mass is 155 g/mol. The molecule has 0 saturated heterocycles. The van der Waals surface area contributed by atoms with Gasteiger partial charge in [-0.05, 0) is 12.8 Å². The number of carbonyl (C=O) groups is 1. The molecule has 2 nitrogen and oxygen atoms in total. The lowest BCUT2D eigenvalue weighted by molar-refractivity contribution is -0.119. The highest BCUT2D eigenvalue weighted by atomic mass is 16.1. The van der Waals surface area contributed by atoms with E-state index in [2.05, 4.69) is 0 Å². The molecule has 0 aromatic carbocycles. The van der Waals surface area contributed by atoms with Crippen LogP contribution in [0.2, 0.25) is 0 Å². The Kier molecular flexibility index (Phi) is 3.57. The molecule has 2 N–H and O–H groups in total. The van der Waals surface area contributed by atoms with Crippen molar-refractivity contribution in [2.24, 2.45) is 5.73 Å². The first-order chi connectivity index (χ1) is 5.29. The highest BCUT2D eigenvalue weighted by Crippen LogP contribution is 2.13. The Morgan fingerprint density at radius 2 is 1.91 bits per heavy atom. The molecule has 1 fully saturated rings. The lowest BCUT2D eigenvalue weighted by Gasteiger charge is -2.06. The molecule has 64 valence electrons. The molecule has 2 heteroatoms. The molecule has 0 radical (unpaired) electrons. The fourth-order valence-corrected chi connectivity index (χ4v) is 1.58. The van der Waals surface area contributed by atoms with Gasteiger partial charge in [0.05, 0.1) is 0 Å². The Balaban J connectivity index is 2.33. The van der Waals surface area contributed by atoms with Crippen LogP contribution < -0.4 is 5.73 Å². The SMILES string of the molecule is NC1CCCCCCC(=O)C1. The van der Waals surface area contributed by atoms with E-state index in [1.807, 2.05) is 0 Å². The summed E-state index contributed by atoms with van der Waals surface area (Å²) < 4.78 is 0. The number of ketones is 1. The molecular formula is C9H17NO. The van der Waals surface area contributed by atoms with Crippen LogP contribution in [-0.2, 0) is 4.79 Å². The molecule has 0 aromatic rings. The average molecular weight is 155 g/mol. The van der Waals surface area contributed by atoms with Gasteiger partial charge in [0, 0.05) is 18.9 Å². The molecule has 1 atom stereocenters. The summed E-state index contributed by atoms with van der Waals surface area (Å²) in [6, 6.07) is 0.139. The predicted octanol–water partition coefficient (Wildman–Crippen LogP) is 1.63. The van der Waals surface area contributed by atoms with E-state index in [1.165, 1.54) is 19.3 Å². The molecule has 0 bridgehead atoms. The van der Waals surface area contributed by atoms with Gasteiger partial charge in [0.1, 0.15) is 5.78 Å². The van der Waals surface area contributed by atoms with Crippen LogP contribution in [0.4, 0.5) is 0 Å². The molecule has 1 saturated carbocycles. The van der Waals surface area contributed by atoms with E-state index in [0.29, 0.717) is 12.2 Å². The number of Topliss-reactive ketones (excluding diaryl/α,β-unsaturated/α-hetero) is 1. The standard InChI is InChI=1S/C9H17NO/c10-8-5-3-1-2-4-6-9(11)7-8/h8H,1-7,10H2. The van der Waals surface area contributed by atoms with Crippen LogP contribution in [0, 0.1) is 0 Å². The van der Waals surface area contributed by atoms with Crippen LogP contribution in [0.25, 0.3) is 0 Å². The third kappa shape index (κ3) is 3.51. The summed E-state index contributed by atoms with van der Waals surface area (Å²) in [6.45, 7) is 0. The van der Waals surface area contributed by atoms with Crippen molar-refractivity contribution in [2.45, 2.75) is 51.0 Å². The van der Waals surface area contributed by atoms with Gasteiger partial charge in [0.15, 0.2) is 0 Å². The summed E-state index contributed by atoms with van der Waals surface area (Å²) in [5, 5.41) is 0. The third-order valence-electron chi connectivity index (χ3n) is 2.27. The number of hydrogen-bond donors (Lipinski definition) is 1. The quantitative estimate of drug-likeness (QED) is 0.577. The van der Waals surface area contributed by atoms with Crippen LogP contribution in [-0.4, -0.2) is 11.8 Å². The number of carbonyl (C=O) groups excluding carboxylic acids is 1. The molecule has 11 heavy (non-hydrogen) atoms. The summed E-state index contributed by atoms with van der Waals surface area (Å²) in [5.74, 6) is 0.361. The van der Waals surface area contributed by atoms with Gasteiger partial charge < -0.3 is 5.73 Å². The van der Waals surface area contributed by atoms with E-state index in [9.17, 15) is 4.79 Å². The van der Waals surface area contributed by atoms with Crippen molar-refractivity contribution in [3.8, 4) is 0 Å². The van der Waals surface area contributed by atoms with Gasteiger partial charge in [-0.15, -0.1) is 0 Å². The topological polar surface area (TPSA) is 43.1 Å². The summed E-state index contributed by atoms with van der Waals surface area (Å²) in [7, 11) is 0. The van der Waals surface area contributed by atoms with Crippen LogP contribution in [0.3, 0.4) is 0 Å². The average Bonchev–Trinajstić information content (AvgIpc) is 2.02. The molecule has 0 heterocycles. The van der Waals surface area contributed by atoms with E-state index in [4.69, 9.17) is 5.73 Å². The van der Waals surface area contributed by atoms with E-state index in [0.717, 1.165) is 19.3 Å². The van der Waals surface area contributed by atoms with Crippen LogP contribution >= 0.6 is 0 Å². The van der Waals surface area contributed by atoms with Crippen LogP contribution in [0.5, 0.6) is 0 Å². The first kappa shape index (κ1) is 8.72. The van der Waals surface area contributed by atoms with E-state index < -0.39 is 0 Å². The maximum Gasteiger partial charge on any atom is 0.134 e.